The smallest absolute Gasteiger partial charge is 0.271 e. The highest BCUT2D eigenvalue weighted by Gasteiger charge is 2.21. The number of nitro benzene ring substituents is 1. The minimum atomic E-state index is -0.438. The molecule has 0 bridgehead atoms. The predicted octanol–water partition coefficient (Wildman–Crippen LogP) is 3.93. The van der Waals surface area contributed by atoms with Crippen molar-refractivity contribution in [3.63, 3.8) is 0 Å². The molecule has 1 heterocycles. The van der Waals surface area contributed by atoms with Crippen molar-refractivity contribution in [3.8, 4) is 0 Å². The molecule has 1 aliphatic heterocycles. The zero-order valence-corrected chi connectivity index (χ0v) is 11.8. The molecule has 0 amide bonds. The monoisotopic (exact) mass is 304 g/mol. The summed E-state index contributed by atoms with van der Waals surface area (Å²) >= 11 is 6.12. The lowest BCUT2D eigenvalue weighted by Gasteiger charge is -2.27. The van der Waals surface area contributed by atoms with E-state index in [2.05, 4.69) is 5.32 Å². The van der Waals surface area contributed by atoms with Gasteiger partial charge in [-0.1, -0.05) is 35.9 Å². The van der Waals surface area contributed by atoms with Crippen molar-refractivity contribution >= 4 is 23.0 Å². The van der Waals surface area contributed by atoms with E-state index in [0.29, 0.717) is 23.9 Å². The second kappa shape index (κ2) is 5.71. The fourth-order valence-corrected chi connectivity index (χ4v) is 2.60. The van der Waals surface area contributed by atoms with Crippen LogP contribution in [0.25, 0.3) is 0 Å². The van der Waals surface area contributed by atoms with E-state index in [4.69, 9.17) is 16.3 Å². The van der Waals surface area contributed by atoms with Gasteiger partial charge in [0, 0.05) is 12.1 Å². The van der Waals surface area contributed by atoms with Gasteiger partial charge in [-0.25, -0.2) is 0 Å². The van der Waals surface area contributed by atoms with E-state index in [-0.39, 0.29) is 11.7 Å². The molecule has 2 aromatic rings. The van der Waals surface area contributed by atoms with Crippen LogP contribution in [0.2, 0.25) is 5.02 Å². The lowest BCUT2D eigenvalue weighted by atomic mass is 9.99. The van der Waals surface area contributed by atoms with E-state index in [1.807, 2.05) is 24.3 Å². The Morgan fingerprint density at radius 1 is 1.29 bits per heavy atom. The third-order valence-corrected chi connectivity index (χ3v) is 3.79. The number of nitrogens with one attached hydrogen (secondary N) is 1. The third-order valence-electron chi connectivity index (χ3n) is 3.46. The number of non-ortho nitro benzene ring substituents is 1. The first kappa shape index (κ1) is 13.9. The van der Waals surface area contributed by atoms with E-state index in [1.165, 1.54) is 18.2 Å². The Hall–Kier alpha value is -2.11. The fraction of sp³-hybridized carbons (Fsp3) is 0.200. The second-order valence-corrected chi connectivity index (χ2v) is 5.24. The number of benzene rings is 2. The van der Waals surface area contributed by atoms with Crippen LogP contribution in [0.3, 0.4) is 0 Å². The maximum atomic E-state index is 10.9. The highest BCUT2D eigenvalue weighted by Crippen LogP contribution is 2.32. The largest absolute Gasteiger partial charge is 0.374 e. The highest BCUT2D eigenvalue weighted by atomic mass is 35.5. The Morgan fingerprint density at radius 2 is 2.10 bits per heavy atom. The minimum Gasteiger partial charge on any atom is -0.374 e. The number of anilines is 1. The van der Waals surface area contributed by atoms with Gasteiger partial charge in [0.25, 0.3) is 5.69 Å². The van der Waals surface area contributed by atoms with Crippen molar-refractivity contribution in [2.45, 2.75) is 12.6 Å². The molecule has 1 unspecified atom stereocenters. The minimum absolute atomic E-state index is 0.00640. The molecule has 0 aromatic heterocycles. The van der Waals surface area contributed by atoms with Gasteiger partial charge in [0.1, 0.15) is 0 Å². The topological polar surface area (TPSA) is 64.4 Å². The van der Waals surface area contributed by atoms with Crippen LogP contribution in [0.4, 0.5) is 11.4 Å². The zero-order chi connectivity index (χ0) is 14.8. The number of hydrogen-bond donors (Lipinski definition) is 1. The molecule has 1 N–H and O–H groups in total. The molecule has 2 aromatic carbocycles. The summed E-state index contributed by atoms with van der Waals surface area (Å²) in [6.45, 7) is 1.08. The van der Waals surface area contributed by atoms with Crippen LogP contribution in [0.5, 0.6) is 0 Å². The summed E-state index contributed by atoms with van der Waals surface area (Å²) in [7, 11) is 0. The quantitative estimate of drug-likeness (QED) is 0.689. The maximum Gasteiger partial charge on any atom is 0.271 e. The van der Waals surface area contributed by atoms with Gasteiger partial charge >= 0.3 is 0 Å². The van der Waals surface area contributed by atoms with Crippen molar-refractivity contribution < 1.29 is 9.66 Å². The average Bonchev–Trinajstić information content (AvgIpc) is 2.49. The van der Waals surface area contributed by atoms with Gasteiger partial charge in [0.15, 0.2) is 0 Å². The number of rotatable bonds is 3. The van der Waals surface area contributed by atoms with Crippen LogP contribution >= 0.6 is 11.6 Å². The summed E-state index contributed by atoms with van der Waals surface area (Å²) in [6, 6.07) is 12.3. The Morgan fingerprint density at radius 3 is 2.90 bits per heavy atom. The maximum absolute atomic E-state index is 10.9. The molecule has 0 spiro atoms. The SMILES string of the molecule is O=[N+]([O-])c1ccc(Cl)c(NC2COCc3ccccc32)c1. The molecule has 5 nitrogen and oxygen atoms in total. The summed E-state index contributed by atoms with van der Waals surface area (Å²) in [5.41, 5.74) is 2.79. The van der Waals surface area contributed by atoms with Crippen molar-refractivity contribution in [1.82, 2.24) is 0 Å². The third kappa shape index (κ3) is 2.84. The molecule has 6 heteroatoms. The number of hydrogen-bond acceptors (Lipinski definition) is 4. The van der Waals surface area contributed by atoms with Gasteiger partial charge < -0.3 is 10.1 Å². The Labute approximate surface area is 126 Å². The lowest BCUT2D eigenvalue weighted by molar-refractivity contribution is -0.384. The van der Waals surface area contributed by atoms with E-state index >= 15 is 0 Å². The van der Waals surface area contributed by atoms with Crippen molar-refractivity contribution in [2.75, 3.05) is 11.9 Å². The number of fused-ring (bicyclic) bond motifs is 1. The van der Waals surface area contributed by atoms with E-state index in [1.54, 1.807) is 0 Å². The Bertz CT molecular complexity index is 690. The molecule has 1 aliphatic rings. The van der Waals surface area contributed by atoms with Gasteiger partial charge in [-0.2, -0.15) is 0 Å². The molecule has 0 radical (unpaired) electrons. The molecule has 0 saturated carbocycles. The fourth-order valence-electron chi connectivity index (χ4n) is 2.43. The van der Waals surface area contributed by atoms with Crippen LogP contribution in [0, 0.1) is 10.1 Å². The Kier molecular flexibility index (Phi) is 3.77. The molecule has 3 rings (SSSR count). The average molecular weight is 305 g/mol. The standard InChI is InChI=1S/C15H13ClN2O3/c16-13-6-5-11(18(19)20)7-14(13)17-15-9-21-8-10-3-1-2-4-12(10)15/h1-7,15,17H,8-9H2. The summed E-state index contributed by atoms with van der Waals surface area (Å²) in [5.74, 6) is 0. The van der Waals surface area contributed by atoms with E-state index in [0.717, 1.165) is 11.1 Å². The van der Waals surface area contributed by atoms with Crippen LogP contribution in [-0.4, -0.2) is 11.5 Å². The van der Waals surface area contributed by atoms with Gasteiger partial charge in [-0.3, -0.25) is 10.1 Å². The van der Waals surface area contributed by atoms with Crippen LogP contribution in [-0.2, 0) is 11.3 Å². The molecular formula is C15H13ClN2O3. The van der Waals surface area contributed by atoms with Gasteiger partial charge in [-0.15, -0.1) is 0 Å². The molecule has 0 fully saturated rings. The van der Waals surface area contributed by atoms with Gasteiger partial charge in [-0.05, 0) is 17.2 Å². The zero-order valence-electron chi connectivity index (χ0n) is 11.1. The predicted molar refractivity (Wildman–Crippen MR) is 80.6 cm³/mol. The van der Waals surface area contributed by atoms with Crippen LogP contribution in [0.15, 0.2) is 42.5 Å². The van der Waals surface area contributed by atoms with Crippen LogP contribution < -0.4 is 5.32 Å². The number of nitro groups is 1. The first-order valence-corrected chi connectivity index (χ1v) is 6.89. The highest BCUT2D eigenvalue weighted by molar-refractivity contribution is 6.33. The summed E-state index contributed by atoms with van der Waals surface area (Å²) in [4.78, 5) is 10.4. The Balaban J connectivity index is 1.91. The van der Waals surface area contributed by atoms with Gasteiger partial charge in [0.05, 0.1) is 34.9 Å². The number of ether oxygens (including phenoxy) is 1. The molecule has 21 heavy (non-hydrogen) atoms. The molecular weight excluding hydrogens is 292 g/mol. The van der Waals surface area contributed by atoms with Crippen molar-refractivity contribution in [2.24, 2.45) is 0 Å². The number of nitrogens with zero attached hydrogens (tertiary/aromatic N) is 1. The van der Waals surface area contributed by atoms with Crippen LogP contribution in [0.1, 0.15) is 17.2 Å². The second-order valence-electron chi connectivity index (χ2n) is 4.83. The first-order chi connectivity index (χ1) is 10.1. The first-order valence-electron chi connectivity index (χ1n) is 6.51. The molecule has 108 valence electrons. The molecule has 1 atom stereocenters. The molecule has 0 aliphatic carbocycles. The van der Waals surface area contributed by atoms with E-state index < -0.39 is 4.92 Å². The summed E-state index contributed by atoms with van der Waals surface area (Å²) in [6.07, 6.45) is 0. The normalized spacial score (nSPS) is 17.1. The van der Waals surface area contributed by atoms with Crippen molar-refractivity contribution in [1.29, 1.82) is 0 Å². The molecule has 0 saturated heterocycles. The summed E-state index contributed by atoms with van der Waals surface area (Å²) < 4.78 is 5.56. The summed E-state index contributed by atoms with van der Waals surface area (Å²) in [5, 5.41) is 14.6. The number of halogens is 1. The van der Waals surface area contributed by atoms with Crippen molar-refractivity contribution in [3.05, 3.63) is 68.7 Å². The van der Waals surface area contributed by atoms with E-state index in [9.17, 15) is 10.1 Å². The van der Waals surface area contributed by atoms with Gasteiger partial charge in [0.2, 0.25) is 0 Å². The lowest BCUT2D eigenvalue weighted by Crippen LogP contribution is -2.23.